The van der Waals surface area contributed by atoms with Gasteiger partial charge in [0.1, 0.15) is 0 Å². The van der Waals surface area contributed by atoms with Crippen molar-refractivity contribution in [2.75, 3.05) is 0 Å². The molecule has 2 aromatic rings. The van der Waals surface area contributed by atoms with Gasteiger partial charge in [-0.2, -0.15) is 0 Å². The Kier molecular flexibility index (Phi) is 5.33. The number of halogens is 1. The number of aryl methyl sites for hydroxylation is 1. The molecule has 0 aliphatic rings. The maximum absolute atomic E-state index is 10.4. The summed E-state index contributed by atoms with van der Waals surface area (Å²) in [6.07, 6.45) is 4.71. The third-order valence-corrected chi connectivity index (χ3v) is 3.11. The van der Waals surface area contributed by atoms with E-state index in [9.17, 15) is 4.79 Å². The van der Waals surface area contributed by atoms with Crippen molar-refractivity contribution in [3.8, 4) is 0 Å². The van der Waals surface area contributed by atoms with Crippen LogP contribution in [0.3, 0.4) is 0 Å². The highest BCUT2D eigenvalue weighted by Gasteiger charge is 2.04. The summed E-state index contributed by atoms with van der Waals surface area (Å²) in [6.45, 7) is 0.408. The quantitative estimate of drug-likeness (QED) is 0.598. The molecule has 0 unspecified atom stereocenters. The molecule has 1 aromatic heterocycles. The van der Waals surface area contributed by atoms with E-state index in [2.05, 4.69) is 4.98 Å². The molecule has 3 nitrogen and oxygen atoms in total. The fourth-order valence-corrected chi connectivity index (χ4v) is 1.97. The van der Waals surface area contributed by atoms with Gasteiger partial charge in [0, 0.05) is 16.8 Å². The number of hydrogen-bond acceptors (Lipinski definition) is 3. The standard InChI is InChI=1S/C16H14ClNO2/c17-15-8-5-13(6-9-15)4-7-14(11-20-12-19)16-3-1-2-10-18-16/h1-3,5-6,8-12H,4,7H2. The molecule has 20 heavy (non-hydrogen) atoms. The number of rotatable bonds is 6. The summed E-state index contributed by atoms with van der Waals surface area (Å²) < 4.78 is 4.75. The summed E-state index contributed by atoms with van der Waals surface area (Å²) in [5.41, 5.74) is 2.86. The molecular weight excluding hydrogens is 274 g/mol. The number of pyridine rings is 1. The van der Waals surface area contributed by atoms with Gasteiger partial charge in [0.05, 0.1) is 12.0 Å². The molecule has 1 aromatic carbocycles. The van der Waals surface area contributed by atoms with Crippen molar-refractivity contribution in [1.82, 2.24) is 4.98 Å². The minimum Gasteiger partial charge on any atom is -0.436 e. The van der Waals surface area contributed by atoms with Gasteiger partial charge in [-0.1, -0.05) is 29.8 Å². The molecule has 0 saturated heterocycles. The van der Waals surface area contributed by atoms with Crippen molar-refractivity contribution >= 4 is 23.6 Å². The topological polar surface area (TPSA) is 39.2 Å². The summed E-state index contributed by atoms with van der Waals surface area (Å²) in [4.78, 5) is 14.6. The zero-order chi connectivity index (χ0) is 14.2. The maximum atomic E-state index is 10.4. The molecule has 0 radical (unpaired) electrons. The summed E-state index contributed by atoms with van der Waals surface area (Å²) in [5.74, 6) is 0. The summed E-state index contributed by atoms with van der Waals surface area (Å²) in [6, 6.07) is 13.3. The number of nitrogens with zero attached hydrogens (tertiary/aromatic N) is 1. The van der Waals surface area contributed by atoms with Crippen LogP contribution in [-0.2, 0) is 16.0 Å². The van der Waals surface area contributed by atoms with Crippen LogP contribution in [0, 0.1) is 0 Å². The molecule has 0 aliphatic heterocycles. The smallest absolute Gasteiger partial charge is 0.297 e. The van der Waals surface area contributed by atoms with Crippen LogP contribution in [0.25, 0.3) is 5.57 Å². The number of carbonyl (C=O) groups is 1. The van der Waals surface area contributed by atoms with Gasteiger partial charge in [0.2, 0.25) is 0 Å². The SMILES string of the molecule is O=COC=C(CCc1ccc(Cl)cc1)c1ccccn1. The number of aromatic nitrogens is 1. The van der Waals surface area contributed by atoms with E-state index >= 15 is 0 Å². The van der Waals surface area contributed by atoms with E-state index < -0.39 is 0 Å². The van der Waals surface area contributed by atoms with Crippen molar-refractivity contribution in [3.63, 3.8) is 0 Å². The third-order valence-electron chi connectivity index (χ3n) is 2.86. The lowest BCUT2D eigenvalue weighted by Gasteiger charge is -2.06. The molecule has 0 amide bonds. The van der Waals surface area contributed by atoms with E-state index in [1.807, 2.05) is 42.5 Å². The Morgan fingerprint density at radius 2 is 2.00 bits per heavy atom. The average Bonchev–Trinajstić information content (AvgIpc) is 2.50. The molecule has 1 heterocycles. The Labute approximate surface area is 122 Å². The molecule has 0 aliphatic carbocycles. The van der Waals surface area contributed by atoms with E-state index in [4.69, 9.17) is 16.3 Å². The lowest BCUT2D eigenvalue weighted by atomic mass is 10.0. The second kappa shape index (κ2) is 7.46. The monoisotopic (exact) mass is 287 g/mol. The van der Waals surface area contributed by atoms with E-state index in [1.54, 1.807) is 6.20 Å². The minimum absolute atomic E-state index is 0.408. The van der Waals surface area contributed by atoms with Crippen molar-refractivity contribution < 1.29 is 9.53 Å². The molecule has 0 spiro atoms. The Hall–Kier alpha value is -2.13. The van der Waals surface area contributed by atoms with Crippen LogP contribution in [0.4, 0.5) is 0 Å². The fraction of sp³-hybridized carbons (Fsp3) is 0.125. The number of benzene rings is 1. The highest BCUT2D eigenvalue weighted by Crippen LogP contribution is 2.19. The van der Waals surface area contributed by atoms with Crippen LogP contribution in [-0.4, -0.2) is 11.5 Å². The average molecular weight is 288 g/mol. The van der Waals surface area contributed by atoms with Gasteiger partial charge in [0.25, 0.3) is 6.47 Å². The molecule has 0 saturated carbocycles. The molecule has 0 fully saturated rings. The van der Waals surface area contributed by atoms with E-state index in [0.717, 1.165) is 29.1 Å². The Balaban J connectivity index is 2.09. The highest BCUT2D eigenvalue weighted by atomic mass is 35.5. The van der Waals surface area contributed by atoms with Crippen molar-refractivity contribution in [2.24, 2.45) is 0 Å². The van der Waals surface area contributed by atoms with Gasteiger partial charge in [-0.3, -0.25) is 9.78 Å². The van der Waals surface area contributed by atoms with Crippen LogP contribution in [0.5, 0.6) is 0 Å². The number of carbonyl (C=O) groups excluding carboxylic acids is 1. The van der Waals surface area contributed by atoms with Crippen molar-refractivity contribution in [1.29, 1.82) is 0 Å². The Bertz CT molecular complexity index is 579. The second-order valence-electron chi connectivity index (χ2n) is 4.22. The first-order valence-corrected chi connectivity index (χ1v) is 6.61. The Morgan fingerprint density at radius 1 is 1.20 bits per heavy atom. The molecular formula is C16H14ClNO2. The van der Waals surface area contributed by atoms with Gasteiger partial charge in [-0.15, -0.1) is 0 Å². The van der Waals surface area contributed by atoms with Crippen LogP contribution >= 0.6 is 11.6 Å². The third kappa shape index (κ3) is 4.21. The molecule has 2 rings (SSSR count). The van der Waals surface area contributed by atoms with E-state index in [-0.39, 0.29) is 0 Å². The normalized spacial score (nSPS) is 11.2. The molecule has 0 N–H and O–H groups in total. The van der Waals surface area contributed by atoms with E-state index in [0.29, 0.717) is 6.47 Å². The van der Waals surface area contributed by atoms with Crippen LogP contribution < -0.4 is 0 Å². The second-order valence-corrected chi connectivity index (χ2v) is 4.65. The predicted molar refractivity (Wildman–Crippen MR) is 79.1 cm³/mol. The molecule has 4 heteroatoms. The van der Waals surface area contributed by atoms with Crippen LogP contribution in [0.2, 0.25) is 5.02 Å². The zero-order valence-electron chi connectivity index (χ0n) is 10.8. The number of allylic oxidation sites excluding steroid dienone is 1. The summed E-state index contributed by atoms with van der Waals surface area (Å²) in [5, 5.41) is 0.721. The summed E-state index contributed by atoms with van der Waals surface area (Å²) in [7, 11) is 0. The fourth-order valence-electron chi connectivity index (χ4n) is 1.84. The molecule has 102 valence electrons. The van der Waals surface area contributed by atoms with Crippen LogP contribution in [0.1, 0.15) is 17.7 Å². The van der Waals surface area contributed by atoms with E-state index in [1.165, 1.54) is 11.8 Å². The van der Waals surface area contributed by atoms with Gasteiger partial charge in [-0.25, -0.2) is 0 Å². The number of ether oxygens (including phenoxy) is 1. The first kappa shape index (κ1) is 14.3. The van der Waals surface area contributed by atoms with Gasteiger partial charge >= 0.3 is 0 Å². The predicted octanol–water partition coefficient (Wildman–Crippen LogP) is 3.88. The number of hydrogen-bond donors (Lipinski definition) is 0. The summed E-state index contributed by atoms with van der Waals surface area (Å²) >= 11 is 5.86. The first-order chi connectivity index (χ1) is 9.79. The molecule has 0 atom stereocenters. The maximum Gasteiger partial charge on any atom is 0.297 e. The Morgan fingerprint density at radius 3 is 2.65 bits per heavy atom. The van der Waals surface area contributed by atoms with Crippen molar-refractivity contribution in [2.45, 2.75) is 12.8 Å². The zero-order valence-corrected chi connectivity index (χ0v) is 11.6. The highest BCUT2D eigenvalue weighted by molar-refractivity contribution is 6.30. The lowest BCUT2D eigenvalue weighted by molar-refractivity contribution is -0.123. The van der Waals surface area contributed by atoms with Gasteiger partial charge in [-0.05, 0) is 42.7 Å². The lowest BCUT2D eigenvalue weighted by Crippen LogP contribution is -1.93. The van der Waals surface area contributed by atoms with Gasteiger partial charge < -0.3 is 4.74 Å². The minimum atomic E-state index is 0.408. The molecule has 0 bridgehead atoms. The van der Waals surface area contributed by atoms with Crippen molar-refractivity contribution in [3.05, 3.63) is 71.2 Å². The largest absolute Gasteiger partial charge is 0.436 e. The first-order valence-electron chi connectivity index (χ1n) is 6.23. The van der Waals surface area contributed by atoms with Crippen LogP contribution in [0.15, 0.2) is 54.9 Å². The van der Waals surface area contributed by atoms with Gasteiger partial charge in [0.15, 0.2) is 0 Å².